The van der Waals surface area contributed by atoms with E-state index in [-0.39, 0.29) is 0 Å². The number of likely N-dealkylation sites (tertiary alicyclic amines) is 1. The minimum atomic E-state index is 0.569. The van der Waals surface area contributed by atoms with E-state index in [1.54, 1.807) is 0 Å². The first-order valence-electron chi connectivity index (χ1n) is 11.5. The van der Waals surface area contributed by atoms with Gasteiger partial charge in [0.2, 0.25) is 0 Å². The number of fused-ring (bicyclic) bond motifs is 1. The summed E-state index contributed by atoms with van der Waals surface area (Å²) in [5.41, 5.74) is 4.66. The molecule has 5 heteroatoms. The number of alkyl halides is 1. The molecule has 1 saturated heterocycles. The van der Waals surface area contributed by atoms with Crippen molar-refractivity contribution in [3.05, 3.63) is 64.8 Å². The van der Waals surface area contributed by atoms with E-state index in [1.165, 1.54) is 48.8 Å². The Hall–Kier alpha value is -2.12. The minimum absolute atomic E-state index is 0.569. The molecule has 1 aliphatic heterocycles. The van der Waals surface area contributed by atoms with Crippen LogP contribution in [0.5, 0.6) is 0 Å². The average molecular weight is 468 g/mol. The van der Waals surface area contributed by atoms with Crippen LogP contribution >= 0.6 is 23.2 Å². The van der Waals surface area contributed by atoms with E-state index in [0.29, 0.717) is 12.4 Å². The molecule has 0 unspecified atom stereocenters. The largest absolute Gasteiger partial charge is 0.374 e. The zero-order valence-corrected chi connectivity index (χ0v) is 20.2. The molecule has 4 rings (SSSR count). The van der Waals surface area contributed by atoms with E-state index in [1.807, 2.05) is 24.3 Å². The molecule has 0 amide bonds. The van der Waals surface area contributed by atoms with Crippen LogP contribution in [0.4, 0.5) is 5.69 Å². The Morgan fingerprint density at radius 3 is 2.59 bits per heavy atom. The molecule has 1 aromatic heterocycles. The third kappa shape index (κ3) is 6.01. The Morgan fingerprint density at radius 2 is 1.84 bits per heavy atom. The molecule has 0 saturated carbocycles. The van der Waals surface area contributed by atoms with Crippen molar-refractivity contribution in [1.82, 2.24) is 9.47 Å². The van der Waals surface area contributed by atoms with Gasteiger partial charge in [0.05, 0.1) is 12.2 Å². The van der Waals surface area contributed by atoms with Crippen molar-refractivity contribution in [3.8, 4) is 11.8 Å². The van der Waals surface area contributed by atoms with E-state index in [4.69, 9.17) is 23.2 Å². The second kappa shape index (κ2) is 11.1. The standard InChI is InChI=1S/C27H31Cl2N3/c1-31-16-12-21(13-17-31)4-5-22-6-11-27-23(19-22)20-26(32(27)18-14-28)3-2-15-30-25-9-7-24(29)8-10-25/h6-11,19-21,30H,4-5,12-18H2,1H3. The fourth-order valence-electron chi connectivity index (χ4n) is 4.48. The molecular weight excluding hydrogens is 437 g/mol. The number of aryl methyl sites for hydroxylation is 2. The van der Waals surface area contributed by atoms with Gasteiger partial charge in [0.15, 0.2) is 0 Å². The van der Waals surface area contributed by atoms with Gasteiger partial charge < -0.3 is 14.8 Å². The monoisotopic (exact) mass is 467 g/mol. The Balaban J connectivity index is 1.44. The van der Waals surface area contributed by atoms with E-state index in [9.17, 15) is 0 Å². The lowest BCUT2D eigenvalue weighted by atomic mass is 9.90. The van der Waals surface area contributed by atoms with Crippen molar-refractivity contribution in [2.24, 2.45) is 5.92 Å². The molecule has 0 bridgehead atoms. The number of piperidine rings is 1. The number of halogens is 2. The summed E-state index contributed by atoms with van der Waals surface area (Å²) in [6.07, 6.45) is 5.09. The first kappa shape index (κ1) is 23.1. The van der Waals surface area contributed by atoms with Gasteiger partial charge in [-0.05, 0) is 106 Å². The van der Waals surface area contributed by atoms with Crippen LogP contribution in [0.1, 0.15) is 30.5 Å². The molecule has 2 aromatic carbocycles. The average Bonchev–Trinajstić information content (AvgIpc) is 3.14. The quantitative estimate of drug-likeness (QED) is 0.326. The Bertz CT molecular complexity index is 1080. The van der Waals surface area contributed by atoms with Crippen molar-refractivity contribution < 1.29 is 0 Å². The van der Waals surface area contributed by atoms with Crippen molar-refractivity contribution in [2.45, 2.75) is 32.2 Å². The van der Waals surface area contributed by atoms with Crippen molar-refractivity contribution >= 4 is 39.8 Å². The molecular formula is C27H31Cl2N3. The maximum absolute atomic E-state index is 6.10. The Labute approximate surface area is 201 Å². The highest BCUT2D eigenvalue weighted by atomic mass is 35.5. The summed E-state index contributed by atoms with van der Waals surface area (Å²) >= 11 is 12.0. The van der Waals surface area contributed by atoms with Crippen LogP contribution in [0.3, 0.4) is 0 Å². The van der Waals surface area contributed by atoms with Gasteiger partial charge in [-0.1, -0.05) is 23.6 Å². The summed E-state index contributed by atoms with van der Waals surface area (Å²) in [4.78, 5) is 2.44. The lowest BCUT2D eigenvalue weighted by Gasteiger charge is -2.28. The molecule has 1 N–H and O–H groups in total. The molecule has 168 valence electrons. The molecule has 3 aromatic rings. The van der Waals surface area contributed by atoms with Crippen LogP contribution in [0.2, 0.25) is 5.02 Å². The lowest BCUT2D eigenvalue weighted by Crippen LogP contribution is -2.30. The number of nitrogens with one attached hydrogen (secondary N) is 1. The van der Waals surface area contributed by atoms with Crippen LogP contribution in [-0.2, 0) is 13.0 Å². The molecule has 0 atom stereocenters. The molecule has 2 heterocycles. The fourth-order valence-corrected chi connectivity index (χ4v) is 4.77. The van der Waals surface area contributed by atoms with Crippen LogP contribution in [0.25, 0.3) is 10.9 Å². The van der Waals surface area contributed by atoms with E-state index in [2.05, 4.69) is 57.9 Å². The minimum Gasteiger partial charge on any atom is -0.374 e. The Morgan fingerprint density at radius 1 is 1.06 bits per heavy atom. The van der Waals surface area contributed by atoms with E-state index >= 15 is 0 Å². The fraction of sp³-hybridized carbons (Fsp3) is 0.407. The van der Waals surface area contributed by atoms with Crippen LogP contribution in [0, 0.1) is 17.8 Å². The third-order valence-corrected chi connectivity index (χ3v) is 6.82. The zero-order valence-electron chi connectivity index (χ0n) is 18.7. The van der Waals surface area contributed by atoms with Crippen molar-refractivity contribution in [3.63, 3.8) is 0 Å². The Kier molecular flexibility index (Phi) is 8.03. The maximum Gasteiger partial charge on any atom is 0.0931 e. The SMILES string of the molecule is CN1CCC(CCc2ccc3c(c2)cc(C#CCNc2ccc(Cl)cc2)n3CCCl)CC1. The van der Waals surface area contributed by atoms with Gasteiger partial charge in [0.1, 0.15) is 0 Å². The van der Waals surface area contributed by atoms with Gasteiger partial charge in [-0.3, -0.25) is 0 Å². The number of anilines is 1. The molecule has 1 fully saturated rings. The molecule has 0 radical (unpaired) electrons. The number of rotatable bonds is 7. The summed E-state index contributed by atoms with van der Waals surface area (Å²) in [6, 6.07) is 16.7. The van der Waals surface area contributed by atoms with Gasteiger partial charge in [-0.15, -0.1) is 11.6 Å². The number of aromatic nitrogens is 1. The third-order valence-electron chi connectivity index (χ3n) is 6.39. The highest BCUT2D eigenvalue weighted by molar-refractivity contribution is 6.30. The summed E-state index contributed by atoms with van der Waals surface area (Å²) in [5, 5.41) is 5.31. The van der Waals surface area contributed by atoms with Crippen LogP contribution in [-0.4, -0.2) is 42.0 Å². The predicted molar refractivity (Wildman–Crippen MR) is 138 cm³/mol. The highest BCUT2D eigenvalue weighted by Crippen LogP contribution is 2.25. The zero-order chi connectivity index (χ0) is 22.3. The second-order valence-corrected chi connectivity index (χ2v) is 9.53. The van der Waals surface area contributed by atoms with Gasteiger partial charge in [0.25, 0.3) is 0 Å². The number of nitrogens with zero attached hydrogens (tertiary/aromatic N) is 2. The first-order chi connectivity index (χ1) is 15.6. The van der Waals surface area contributed by atoms with E-state index < -0.39 is 0 Å². The normalized spacial score (nSPS) is 15.0. The van der Waals surface area contributed by atoms with Crippen LogP contribution < -0.4 is 5.32 Å². The van der Waals surface area contributed by atoms with Gasteiger partial charge >= 0.3 is 0 Å². The van der Waals surface area contributed by atoms with Gasteiger partial charge in [-0.25, -0.2) is 0 Å². The van der Waals surface area contributed by atoms with Crippen molar-refractivity contribution in [1.29, 1.82) is 0 Å². The van der Waals surface area contributed by atoms with Crippen LogP contribution in [0.15, 0.2) is 48.5 Å². The predicted octanol–water partition coefficient (Wildman–Crippen LogP) is 6.27. The molecule has 0 spiro atoms. The number of hydrogen-bond acceptors (Lipinski definition) is 2. The first-order valence-corrected chi connectivity index (χ1v) is 12.4. The lowest BCUT2D eigenvalue weighted by molar-refractivity contribution is 0.212. The molecule has 3 nitrogen and oxygen atoms in total. The molecule has 32 heavy (non-hydrogen) atoms. The summed E-state index contributed by atoms with van der Waals surface area (Å²) in [5.74, 6) is 8.01. The highest BCUT2D eigenvalue weighted by Gasteiger charge is 2.16. The second-order valence-electron chi connectivity index (χ2n) is 8.71. The summed E-state index contributed by atoms with van der Waals surface area (Å²) in [6.45, 7) is 3.81. The van der Waals surface area contributed by atoms with Gasteiger partial charge in [0, 0.05) is 34.0 Å². The van der Waals surface area contributed by atoms with Gasteiger partial charge in [-0.2, -0.15) is 0 Å². The summed E-state index contributed by atoms with van der Waals surface area (Å²) < 4.78 is 2.23. The van der Waals surface area contributed by atoms with E-state index in [0.717, 1.165) is 35.3 Å². The molecule has 0 aliphatic carbocycles. The topological polar surface area (TPSA) is 20.2 Å². The number of benzene rings is 2. The summed E-state index contributed by atoms with van der Waals surface area (Å²) in [7, 11) is 2.23. The van der Waals surface area contributed by atoms with Crippen molar-refractivity contribution in [2.75, 3.05) is 37.9 Å². The molecule has 1 aliphatic rings. The smallest absolute Gasteiger partial charge is 0.0931 e. The number of hydrogen-bond donors (Lipinski definition) is 1. The maximum atomic E-state index is 6.10.